The van der Waals surface area contributed by atoms with Gasteiger partial charge in [-0.3, -0.25) is 4.68 Å². The van der Waals surface area contributed by atoms with Crippen molar-refractivity contribution in [2.45, 2.75) is 31.3 Å². The fourth-order valence-corrected chi connectivity index (χ4v) is 5.16. The fraction of sp³-hybridized carbons (Fsp3) is 0.800. The second kappa shape index (κ2) is 6.88. The molecule has 2 aliphatic rings. The van der Waals surface area contributed by atoms with E-state index < -0.39 is 10.0 Å². The van der Waals surface area contributed by atoms with E-state index in [0.717, 1.165) is 25.0 Å². The summed E-state index contributed by atoms with van der Waals surface area (Å²) >= 11 is 0. The van der Waals surface area contributed by atoms with E-state index in [-0.39, 0.29) is 30.3 Å². The fourth-order valence-electron chi connectivity index (χ4n) is 3.53. The number of aromatic nitrogens is 2. The Labute approximate surface area is 137 Å². The van der Waals surface area contributed by atoms with Crippen LogP contribution >= 0.6 is 0 Å². The van der Waals surface area contributed by atoms with Gasteiger partial charge in [-0.15, -0.1) is 0 Å². The second-order valence-corrected chi connectivity index (χ2v) is 8.64. The first-order valence-corrected chi connectivity index (χ1v) is 9.79. The van der Waals surface area contributed by atoms with E-state index in [1.54, 1.807) is 10.9 Å². The van der Waals surface area contributed by atoms with Gasteiger partial charge in [0.25, 0.3) is 0 Å². The highest BCUT2D eigenvalue weighted by Crippen LogP contribution is 2.34. The van der Waals surface area contributed by atoms with Gasteiger partial charge < -0.3 is 9.84 Å². The van der Waals surface area contributed by atoms with Crippen LogP contribution in [-0.4, -0.2) is 65.8 Å². The Morgan fingerprint density at radius 3 is 2.87 bits per heavy atom. The summed E-state index contributed by atoms with van der Waals surface area (Å²) in [5.41, 5.74) is 0.989. The molecule has 2 fully saturated rings. The van der Waals surface area contributed by atoms with Crippen molar-refractivity contribution >= 4 is 10.0 Å². The molecule has 0 bridgehead atoms. The molecule has 1 unspecified atom stereocenters. The average molecular weight is 343 g/mol. The molecule has 1 aromatic heterocycles. The summed E-state index contributed by atoms with van der Waals surface area (Å²) in [5.74, 6) is 0.0539. The molecule has 3 atom stereocenters. The molecule has 130 valence electrons. The van der Waals surface area contributed by atoms with Crippen LogP contribution in [0.25, 0.3) is 0 Å². The van der Waals surface area contributed by atoms with Crippen molar-refractivity contribution in [3.63, 3.8) is 0 Å². The van der Waals surface area contributed by atoms with E-state index >= 15 is 0 Å². The molecule has 7 nitrogen and oxygen atoms in total. The third-order valence-electron chi connectivity index (χ3n) is 4.91. The number of ether oxygens (including phenoxy) is 1. The van der Waals surface area contributed by atoms with Gasteiger partial charge in [-0.2, -0.15) is 5.10 Å². The maximum absolute atomic E-state index is 12.6. The molecule has 0 amide bonds. The van der Waals surface area contributed by atoms with E-state index in [0.29, 0.717) is 19.5 Å². The van der Waals surface area contributed by atoms with E-state index in [2.05, 4.69) is 5.10 Å². The Morgan fingerprint density at radius 1 is 1.43 bits per heavy atom. The van der Waals surface area contributed by atoms with Gasteiger partial charge >= 0.3 is 0 Å². The summed E-state index contributed by atoms with van der Waals surface area (Å²) in [5, 5.41) is 13.8. The molecular weight excluding hydrogens is 318 g/mol. The van der Waals surface area contributed by atoms with Gasteiger partial charge in [0, 0.05) is 51.4 Å². The molecular formula is C15H25N3O4S. The summed E-state index contributed by atoms with van der Waals surface area (Å²) < 4.78 is 33.9. The summed E-state index contributed by atoms with van der Waals surface area (Å²) in [6, 6.07) is 0. The van der Waals surface area contributed by atoms with Crippen molar-refractivity contribution in [3.05, 3.63) is 18.0 Å². The molecule has 3 heterocycles. The predicted molar refractivity (Wildman–Crippen MR) is 85.5 cm³/mol. The van der Waals surface area contributed by atoms with Crippen LogP contribution in [0.3, 0.4) is 0 Å². The topological polar surface area (TPSA) is 84.7 Å². The molecule has 0 aromatic carbocycles. The average Bonchev–Trinajstić information content (AvgIpc) is 3.25. The molecule has 3 rings (SSSR count). The van der Waals surface area contributed by atoms with Crippen molar-refractivity contribution in [3.8, 4) is 0 Å². The molecule has 2 saturated heterocycles. The van der Waals surface area contributed by atoms with Crippen molar-refractivity contribution in [1.82, 2.24) is 14.1 Å². The lowest BCUT2D eigenvalue weighted by Gasteiger charge is -2.17. The molecule has 2 aliphatic heterocycles. The summed E-state index contributed by atoms with van der Waals surface area (Å²) in [4.78, 5) is 0. The van der Waals surface area contributed by atoms with Crippen LogP contribution in [0, 0.1) is 5.92 Å². The van der Waals surface area contributed by atoms with Crippen molar-refractivity contribution < 1.29 is 18.3 Å². The van der Waals surface area contributed by atoms with E-state index in [1.165, 1.54) is 4.31 Å². The van der Waals surface area contributed by atoms with Crippen molar-refractivity contribution in [2.75, 3.05) is 32.1 Å². The zero-order chi connectivity index (χ0) is 16.4. The van der Waals surface area contributed by atoms with Crippen LogP contribution in [0.5, 0.6) is 0 Å². The molecule has 0 radical (unpaired) electrons. The van der Waals surface area contributed by atoms with E-state index in [1.807, 2.05) is 13.2 Å². The first kappa shape index (κ1) is 16.9. The Hall–Kier alpha value is -0.960. The number of aryl methyl sites for hydroxylation is 1. The first-order valence-electron chi connectivity index (χ1n) is 8.18. The molecule has 23 heavy (non-hydrogen) atoms. The lowest BCUT2D eigenvalue weighted by atomic mass is 9.92. The first-order chi connectivity index (χ1) is 11.0. The van der Waals surface area contributed by atoms with Gasteiger partial charge in [0.15, 0.2) is 0 Å². The zero-order valence-corrected chi connectivity index (χ0v) is 14.3. The Morgan fingerprint density at radius 2 is 2.26 bits per heavy atom. The van der Waals surface area contributed by atoms with Crippen LogP contribution in [0.4, 0.5) is 0 Å². The second-order valence-electron chi connectivity index (χ2n) is 6.55. The number of aliphatic hydroxyl groups excluding tert-OH is 1. The maximum atomic E-state index is 12.6. The number of sulfonamides is 1. The minimum Gasteiger partial charge on any atom is -0.396 e. The van der Waals surface area contributed by atoms with Crippen LogP contribution in [0.15, 0.2) is 12.4 Å². The lowest BCUT2D eigenvalue weighted by Crippen LogP contribution is -2.32. The van der Waals surface area contributed by atoms with Gasteiger partial charge in [0.2, 0.25) is 10.0 Å². The van der Waals surface area contributed by atoms with Crippen molar-refractivity contribution in [2.24, 2.45) is 13.0 Å². The highest BCUT2D eigenvalue weighted by molar-refractivity contribution is 7.89. The Balaban J connectivity index is 1.65. The number of rotatable bonds is 6. The highest BCUT2D eigenvalue weighted by atomic mass is 32.2. The third kappa shape index (κ3) is 3.76. The van der Waals surface area contributed by atoms with Crippen molar-refractivity contribution in [1.29, 1.82) is 0 Å². The maximum Gasteiger partial charge on any atom is 0.214 e. The predicted octanol–water partition coefficient (Wildman–Crippen LogP) is 0.327. The summed E-state index contributed by atoms with van der Waals surface area (Å²) in [6.07, 6.45) is 6.26. The highest BCUT2D eigenvalue weighted by Gasteiger charge is 2.39. The minimum absolute atomic E-state index is 0.00575. The molecule has 0 saturated carbocycles. The number of nitrogens with zero attached hydrogens (tertiary/aromatic N) is 3. The van der Waals surface area contributed by atoms with Crippen LogP contribution in [0.1, 0.15) is 30.7 Å². The van der Waals surface area contributed by atoms with Gasteiger partial charge in [-0.05, 0) is 24.8 Å². The Bertz CT molecular complexity index is 624. The number of hydrogen-bond acceptors (Lipinski definition) is 5. The summed E-state index contributed by atoms with van der Waals surface area (Å²) in [6.45, 7) is 1.52. The molecule has 1 aromatic rings. The largest absolute Gasteiger partial charge is 0.396 e. The number of aliphatic hydroxyl groups is 1. The SMILES string of the molecule is Cn1cc([C@@H]2CN(S(=O)(=O)CCC3CCCO3)C[C@H]2CO)cn1. The zero-order valence-electron chi connectivity index (χ0n) is 13.5. The number of hydrogen-bond donors (Lipinski definition) is 1. The monoisotopic (exact) mass is 343 g/mol. The smallest absolute Gasteiger partial charge is 0.214 e. The van der Waals surface area contributed by atoms with Crippen LogP contribution in [-0.2, 0) is 21.8 Å². The third-order valence-corrected chi connectivity index (χ3v) is 6.75. The van der Waals surface area contributed by atoms with Crippen LogP contribution < -0.4 is 0 Å². The summed E-state index contributed by atoms with van der Waals surface area (Å²) in [7, 11) is -1.47. The molecule has 1 N–H and O–H groups in total. The molecule has 0 aliphatic carbocycles. The quantitative estimate of drug-likeness (QED) is 0.804. The van der Waals surface area contributed by atoms with E-state index in [9.17, 15) is 13.5 Å². The van der Waals surface area contributed by atoms with Gasteiger partial charge in [0.05, 0.1) is 18.1 Å². The van der Waals surface area contributed by atoms with Gasteiger partial charge in [-0.25, -0.2) is 12.7 Å². The minimum atomic E-state index is -3.31. The van der Waals surface area contributed by atoms with Crippen LogP contribution in [0.2, 0.25) is 0 Å². The normalized spacial score (nSPS) is 29.4. The standard InChI is InChI=1S/C15H25N3O4S/c1-17-8-12(7-16-17)15-10-18(9-13(15)11-19)23(20,21)6-4-14-3-2-5-22-14/h7-8,13-15,19H,2-6,9-11H2,1H3/t13-,14?,15-/m0/s1. The molecule has 0 spiro atoms. The van der Waals surface area contributed by atoms with E-state index in [4.69, 9.17) is 4.74 Å². The lowest BCUT2D eigenvalue weighted by molar-refractivity contribution is 0.108. The van der Waals surface area contributed by atoms with Gasteiger partial charge in [-0.1, -0.05) is 0 Å². The van der Waals surface area contributed by atoms with Gasteiger partial charge in [0.1, 0.15) is 0 Å². The molecule has 8 heteroatoms. The Kier molecular flexibility index (Phi) is 5.05.